The Bertz CT molecular complexity index is 1120. The fourth-order valence-electron chi connectivity index (χ4n) is 4.40. The van der Waals surface area contributed by atoms with Gasteiger partial charge in [-0.1, -0.05) is 66.6 Å². The molecule has 168 valence electrons. The zero-order valence-electron chi connectivity index (χ0n) is 17.9. The Balaban J connectivity index is 1.30. The van der Waals surface area contributed by atoms with Crippen molar-refractivity contribution in [2.45, 2.75) is 24.8 Å². The third-order valence-electron chi connectivity index (χ3n) is 5.89. The normalized spacial score (nSPS) is 18.3. The van der Waals surface area contributed by atoms with Gasteiger partial charge in [-0.05, 0) is 35.1 Å². The van der Waals surface area contributed by atoms with Gasteiger partial charge in [0.25, 0.3) is 0 Å². The maximum atomic E-state index is 12.5. The third-order valence-corrected chi connectivity index (χ3v) is 5.89. The maximum Gasteiger partial charge on any atom is 0.407 e. The lowest BCUT2D eigenvalue weighted by molar-refractivity contribution is -0.130. The van der Waals surface area contributed by atoms with Gasteiger partial charge in [-0.25, -0.2) is 9.59 Å². The van der Waals surface area contributed by atoms with E-state index in [4.69, 9.17) is 9.84 Å². The molecule has 0 aromatic heterocycles. The first-order valence-corrected chi connectivity index (χ1v) is 10.8. The third kappa shape index (κ3) is 5.24. The summed E-state index contributed by atoms with van der Waals surface area (Å²) in [6.07, 6.45) is 4.15. The molecule has 0 heterocycles. The SMILES string of the molecule is O=C(O)C#CCNC(=O)C1CC=CC(NC(=O)OCC2c3ccccc3-c3ccccc32)C1. The number of fused-ring (bicyclic) bond motifs is 3. The minimum absolute atomic E-state index is 0.0181. The molecule has 0 bridgehead atoms. The second kappa shape index (κ2) is 10.0. The number of benzene rings is 2. The van der Waals surface area contributed by atoms with Crippen LogP contribution in [0, 0.1) is 17.8 Å². The summed E-state index contributed by atoms with van der Waals surface area (Å²) in [4.78, 5) is 35.2. The fraction of sp³-hybridized carbons (Fsp3) is 0.269. The molecule has 0 saturated carbocycles. The Morgan fingerprint density at radius 3 is 2.36 bits per heavy atom. The predicted molar refractivity (Wildman–Crippen MR) is 122 cm³/mol. The van der Waals surface area contributed by atoms with Gasteiger partial charge in [0.15, 0.2) is 0 Å². The van der Waals surface area contributed by atoms with E-state index in [1.807, 2.05) is 42.3 Å². The second-order valence-corrected chi connectivity index (χ2v) is 8.00. The Morgan fingerprint density at radius 2 is 1.70 bits per heavy atom. The van der Waals surface area contributed by atoms with Crippen molar-refractivity contribution in [2.75, 3.05) is 13.2 Å². The number of amides is 2. The number of nitrogens with one attached hydrogen (secondary N) is 2. The summed E-state index contributed by atoms with van der Waals surface area (Å²) >= 11 is 0. The largest absolute Gasteiger partial charge is 0.472 e. The number of carbonyl (C=O) groups is 3. The van der Waals surface area contributed by atoms with Crippen molar-refractivity contribution < 1.29 is 24.2 Å². The van der Waals surface area contributed by atoms with Crippen molar-refractivity contribution in [2.24, 2.45) is 5.92 Å². The molecule has 2 aliphatic carbocycles. The Hall–Kier alpha value is -4.05. The number of carbonyl (C=O) groups excluding carboxylic acids is 2. The number of alkyl carbamates (subject to hydrolysis) is 1. The van der Waals surface area contributed by atoms with Crippen molar-refractivity contribution in [3.05, 3.63) is 71.8 Å². The quantitative estimate of drug-likeness (QED) is 0.486. The number of allylic oxidation sites excluding steroid dienone is 1. The number of rotatable bonds is 5. The van der Waals surface area contributed by atoms with Crippen LogP contribution >= 0.6 is 0 Å². The highest BCUT2D eigenvalue weighted by Gasteiger charge is 2.30. The van der Waals surface area contributed by atoms with E-state index in [0.717, 1.165) is 11.1 Å². The van der Waals surface area contributed by atoms with E-state index < -0.39 is 12.1 Å². The second-order valence-electron chi connectivity index (χ2n) is 8.00. The molecule has 2 aromatic rings. The topological polar surface area (TPSA) is 105 Å². The first kappa shape index (κ1) is 22.2. The molecule has 0 fully saturated rings. The Morgan fingerprint density at radius 1 is 1.03 bits per heavy atom. The molecule has 4 rings (SSSR count). The van der Waals surface area contributed by atoms with Gasteiger partial charge in [-0.15, -0.1) is 0 Å². The van der Waals surface area contributed by atoms with Crippen LogP contribution in [0.2, 0.25) is 0 Å². The highest BCUT2D eigenvalue weighted by Crippen LogP contribution is 2.44. The molecule has 2 aromatic carbocycles. The van der Waals surface area contributed by atoms with Crippen LogP contribution in [0.3, 0.4) is 0 Å². The highest BCUT2D eigenvalue weighted by atomic mass is 16.5. The lowest BCUT2D eigenvalue weighted by Crippen LogP contribution is -2.41. The average Bonchev–Trinajstić information content (AvgIpc) is 3.14. The van der Waals surface area contributed by atoms with Crippen LogP contribution in [-0.4, -0.2) is 42.3 Å². The number of carboxylic acids is 1. The van der Waals surface area contributed by atoms with Crippen LogP contribution in [-0.2, 0) is 14.3 Å². The molecule has 7 nitrogen and oxygen atoms in total. The first-order chi connectivity index (χ1) is 16.0. The molecule has 0 aliphatic heterocycles. The molecule has 2 amide bonds. The van der Waals surface area contributed by atoms with Crippen molar-refractivity contribution >= 4 is 18.0 Å². The molecule has 2 unspecified atom stereocenters. The van der Waals surface area contributed by atoms with Gasteiger partial charge in [-0.3, -0.25) is 4.79 Å². The molecule has 3 N–H and O–H groups in total. The molecule has 0 saturated heterocycles. The Labute approximate surface area is 191 Å². The molecule has 7 heteroatoms. The predicted octanol–water partition coefficient (Wildman–Crippen LogP) is 3.06. The molecule has 0 radical (unpaired) electrons. The van der Waals surface area contributed by atoms with Crippen LogP contribution in [0.1, 0.15) is 29.9 Å². The zero-order valence-corrected chi connectivity index (χ0v) is 17.9. The maximum absolute atomic E-state index is 12.5. The lowest BCUT2D eigenvalue weighted by Gasteiger charge is -2.24. The monoisotopic (exact) mass is 444 g/mol. The number of aliphatic carboxylic acids is 1. The van der Waals surface area contributed by atoms with Gasteiger partial charge in [0.1, 0.15) is 6.61 Å². The van der Waals surface area contributed by atoms with E-state index >= 15 is 0 Å². The number of hydrogen-bond donors (Lipinski definition) is 3. The van der Waals surface area contributed by atoms with Crippen LogP contribution in [0.5, 0.6) is 0 Å². The van der Waals surface area contributed by atoms with E-state index in [1.165, 1.54) is 11.1 Å². The van der Waals surface area contributed by atoms with Gasteiger partial charge >= 0.3 is 12.1 Å². The average molecular weight is 444 g/mol. The van der Waals surface area contributed by atoms with Crippen molar-refractivity contribution in [3.8, 4) is 23.0 Å². The van der Waals surface area contributed by atoms with Crippen LogP contribution < -0.4 is 10.6 Å². The van der Waals surface area contributed by atoms with Crippen molar-refractivity contribution in [3.63, 3.8) is 0 Å². The molecular weight excluding hydrogens is 420 g/mol. The zero-order chi connectivity index (χ0) is 23.2. The minimum Gasteiger partial charge on any atom is -0.472 e. The van der Waals surface area contributed by atoms with Crippen LogP contribution in [0.15, 0.2) is 60.7 Å². The molecule has 33 heavy (non-hydrogen) atoms. The van der Waals surface area contributed by atoms with Gasteiger partial charge in [0.2, 0.25) is 5.91 Å². The Kier molecular flexibility index (Phi) is 6.75. The summed E-state index contributed by atoms with van der Waals surface area (Å²) in [6.45, 7) is 0.193. The summed E-state index contributed by atoms with van der Waals surface area (Å²) in [5, 5.41) is 13.9. The highest BCUT2D eigenvalue weighted by molar-refractivity contribution is 5.86. The molecule has 2 aliphatic rings. The molecule has 0 spiro atoms. The number of hydrogen-bond acceptors (Lipinski definition) is 4. The summed E-state index contributed by atoms with van der Waals surface area (Å²) < 4.78 is 5.58. The van der Waals surface area contributed by atoms with Gasteiger partial charge in [0.05, 0.1) is 12.6 Å². The lowest BCUT2D eigenvalue weighted by atomic mass is 9.90. The van der Waals surface area contributed by atoms with Crippen molar-refractivity contribution in [1.29, 1.82) is 0 Å². The fourth-order valence-corrected chi connectivity index (χ4v) is 4.40. The van der Waals surface area contributed by atoms with E-state index in [1.54, 1.807) is 0 Å². The van der Waals surface area contributed by atoms with Gasteiger partial charge in [-0.2, -0.15) is 0 Å². The molecule has 2 atom stereocenters. The number of carboxylic acid groups (broad SMARTS) is 1. The standard InChI is InChI=1S/C26H24N2O5/c29-24(30)13-6-14-27-25(31)17-7-5-8-18(15-17)28-26(32)33-16-23-21-11-3-1-9-19(21)20-10-2-4-12-22(20)23/h1-5,8-12,17-18,23H,7,14-16H2,(H,27,31)(H,28,32)(H,29,30). The molecular formula is C26H24N2O5. The minimum atomic E-state index is -1.24. The summed E-state index contributed by atoms with van der Waals surface area (Å²) in [6, 6.07) is 16.0. The van der Waals surface area contributed by atoms with Gasteiger partial charge < -0.3 is 20.5 Å². The van der Waals surface area contributed by atoms with E-state index in [2.05, 4.69) is 40.8 Å². The van der Waals surface area contributed by atoms with E-state index in [9.17, 15) is 14.4 Å². The van der Waals surface area contributed by atoms with Gasteiger partial charge in [0, 0.05) is 17.8 Å². The summed E-state index contributed by atoms with van der Waals surface area (Å²) in [5.74, 6) is 2.51. The van der Waals surface area contributed by atoms with E-state index in [-0.39, 0.29) is 36.9 Å². The smallest absolute Gasteiger partial charge is 0.407 e. The summed E-state index contributed by atoms with van der Waals surface area (Å²) in [7, 11) is 0. The first-order valence-electron chi connectivity index (χ1n) is 10.8. The number of ether oxygens (including phenoxy) is 1. The van der Waals surface area contributed by atoms with Crippen LogP contribution in [0.4, 0.5) is 4.79 Å². The van der Waals surface area contributed by atoms with Crippen LogP contribution in [0.25, 0.3) is 11.1 Å². The summed E-state index contributed by atoms with van der Waals surface area (Å²) in [5.41, 5.74) is 4.62. The van der Waals surface area contributed by atoms with Crippen molar-refractivity contribution in [1.82, 2.24) is 10.6 Å². The van der Waals surface area contributed by atoms with E-state index in [0.29, 0.717) is 12.8 Å².